The number of nitrogens with one attached hydrogen (secondary N) is 1. The maximum atomic E-state index is 12.9. The molecule has 0 bridgehead atoms. The lowest BCUT2D eigenvalue weighted by Gasteiger charge is -2.18. The Hall–Kier alpha value is -2.20. The van der Waals surface area contributed by atoms with Crippen LogP contribution in [-0.4, -0.2) is 5.91 Å². The zero-order valence-electron chi connectivity index (χ0n) is 12.1. The molecule has 4 heteroatoms. The molecule has 0 saturated heterocycles. The van der Waals surface area contributed by atoms with Crippen molar-refractivity contribution in [3.8, 4) is 0 Å². The molecule has 0 aromatic heterocycles. The number of hydrogen-bond donors (Lipinski definition) is 2. The number of carbonyl (C=O) groups is 1. The molecule has 0 spiro atoms. The van der Waals surface area contributed by atoms with Crippen molar-refractivity contribution in [1.29, 1.82) is 0 Å². The van der Waals surface area contributed by atoms with Gasteiger partial charge in [0.05, 0.1) is 6.04 Å². The van der Waals surface area contributed by atoms with Crippen LogP contribution in [0.5, 0.6) is 0 Å². The number of carbonyl (C=O) groups excluding carboxylic acids is 1. The van der Waals surface area contributed by atoms with Crippen LogP contribution in [0.4, 0.5) is 4.39 Å². The Labute approximate surface area is 124 Å². The van der Waals surface area contributed by atoms with E-state index in [2.05, 4.69) is 5.32 Å². The molecule has 2 atom stereocenters. The molecule has 3 N–H and O–H groups in total. The quantitative estimate of drug-likeness (QED) is 0.907. The summed E-state index contributed by atoms with van der Waals surface area (Å²) in [6.45, 7) is 3.82. The normalized spacial score (nSPS) is 13.5. The summed E-state index contributed by atoms with van der Waals surface area (Å²) in [4.78, 5) is 12.2. The number of hydrogen-bond acceptors (Lipinski definition) is 2. The van der Waals surface area contributed by atoms with Crippen LogP contribution in [0.2, 0.25) is 0 Å². The summed E-state index contributed by atoms with van der Waals surface area (Å²) in [7, 11) is 0. The largest absolute Gasteiger partial charge is 0.348 e. The van der Waals surface area contributed by atoms with Crippen LogP contribution in [-0.2, 0) is 4.79 Å². The molecule has 0 heterocycles. The Morgan fingerprint density at radius 1 is 1.05 bits per heavy atom. The van der Waals surface area contributed by atoms with Crippen LogP contribution in [0.1, 0.15) is 35.7 Å². The molecular weight excluding hydrogens is 267 g/mol. The van der Waals surface area contributed by atoms with E-state index in [1.54, 1.807) is 12.1 Å². The highest BCUT2D eigenvalue weighted by molar-refractivity contribution is 5.83. The first-order chi connectivity index (χ1) is 9.97. The highest BCUT2D eigenvalue weighted by Crippen LogP contribution is 2.16. The molecule has 1 amide bonds. The van der Waals surface area contributed by atoms with Crippen molar-refractivity contribution in [3.05, 3.63) is 71.0 Å². The van der Waals surface area contributed by atoms with Gasteiger partial charge in [0.1, 0.15) is 11.9 Å². The monoisotopic (exact) mass is 286 g/mol. The van der Waals surface area contributed by atoms with Crippen LogP contribution in [0.3, 0.4) is 0 Å². The van der Waals surface area contributed by atoms with E-state index in [0.717, 1.165) is 16.7 Å². The Bertz CT molecular complexity index is 608. The SMILES string of the molecule is Cc1ccc(C(N)C(=O)N[C@H](C)c2ccc(F)cc2)cc1. The molecule has 2 aromatic rings. The van der Waals surface area contributed by atoms with Gasteiger partial charge < -0.3 is 11.1 Å². The van der Waals surface area contributed by atoms with Crippen LogP contribution < -0.4 is 11.1 Å². The van der Waals surface area contributed by atoms with Crippen LogP contribution >= 0.6 is 0 Å². The van der Waals surface area contributed by atoms with Gasteiger partial charge in [-0.3, -0.25) is 4.79 Å². The van der Waals surface area contributed by atoms with Gasteiger partial charge in [0.2, 0.25) is 5.91 Å². The van der Waals surface area contributed by atoms with Crippen molar-refractivity contribution in [2.24, 2.45) is 5.73 Å². The van der Waals surface area contributed by atoms with E-state index in [1.807, 2.05) is 38.1 Å². The molecule has 110 valence electrons. The zero-order valence-corrected chi connectivity index (χ0v) is 12.1. The first-order valence-corrected chi connectivity index (χ1v) is 6.85. The maximum Gasteiger partial charge on any atom is 0.241 e. The van der Waals surface area contributed by atoms with Crippen LogP contribution in [0.15, 0.2) is 48.5 Å². The fourth-order valence-corrected chi connectivity index (χ4v) is 2.06. The van der Waals surface area contributed by atoms with E-state index in [-0.39, 0.29) is 17.8 Å². The highest BCUT2D eigenvalue weighted by Gasteiger charge is 2.18. The van der Waals surface area contributed by atoms with Gasteiger partial charge in [0.25, 0.3) is 0 Å². The average molecular weight is 286 g/mol. The molecular formula is C17H19FN2O. The summed E-state index contributed by atoms with van der Waals surface area (Å²) in [6.07, 6.45) is 0. The van der Waals surface area contributed by atoms with Gasteiger partial charge in [-0.15, -0.1) is 0 Å². The van der Waals surface area contributed by atoms with Crippen molar-refractivity contribution >= 4 is 5.91 Å². The van der Waals surface area contributed by atoms with Crippen LogP contribution in [0, 0.1) is 12.7 Å². The minimum Gasteiger partial charge on any atom is -0.348 e. The van der Waals surface area contributed by atoms with Gasteiger partial charge in [-0.25, -0.2) is 4.39 Å². The Balaban J connectivity index is 2.03. The zero-order chi connectivity index (χ0) is 15.4. The van der Waals surface area contributed by atoms with Crippen molar-refractivity contribution in [2.75, 3.05) is 0 Å². The number of benzene rings is 2. The lowest BCUT2D eigenvalue weighted by atomic mass is 10.0. The van der Waals surface area contributed by atoms with E-state index in [4.69, 9.17) is 5.73 Å². The van der Waals surface area contributed by atoms with Gasteiger partial charge in [-0.05, 0) is 37.1 Å². The molecule has 2 aromatic carbocycles. The van der Waals surface area contributed by atoms with Crippen molar-refractivity contribution in [2.45, 2.75) is 25.9 Å². The fraction of sp³-hybridized carbons (Fsp3) is 0.235. The second kappa shape index (κ2) is 6.50. The summed E-state index contributed by atoms with van der Waals surface area (Å²) >= 11 is 0. The topological polar surface area (TPSA) is 55.1 Å². The standard InChI is InChI=1S/C17H19FN2O/c1-11-3-5-14(6-4-11)16(19)17(21)20-12(2)13-7-9-15(18)10-8-13/h3-10,12,16H,19H2,1-2H3,(H,20,21)/t12-,16?/m1/s1. The molecule has 0 fully saturated rings. The van der Waals surface area contributed by atoms with Crippen molar-refractivity contribution in [1.82, 2.24) is 5.32 Å². The molecule has 1 unspecified atom stereocenters. The summed E-state index contributed by atoms with van der Waals surface area (Å²) in [5.41, 5.74) is 8.69. The Kier molecular flexibility index (Phi) is 4.70. The fourth-order valence-electron chi connectivity index (χ4n) is 2.06. The number of aryl methyl sites for hydroxylation is 1. The molecule has 3 nitrogen and oxygen atoms in total. The lowest BCUT2D eigenvalue weighted by molar-refractivity contribution is -0.123. The number of nitrogens with two attached hydrogens (primary N) is 1. The van der Waals surface area contributed by atoms with Crippen LogP contribution in [0.25, 0.3) is 0 Å². The number of rotatable bonds is 4. The van der Waals surface area contributed by atoms with Gasteiger partial charge in [0, 0.05) is 0 Å². The molecule has 0 radical (unpaired) electrons. The smallest absolute Gasteiger partial charge is 0.241 e. The van der Waals surface area contributed by atoms with Crippen molar-refractivity contribution in [3.63, 3.8) is 0 Å². The van der Waals surface area contributed by atoms with E-state index in [1.165, 1.54) is 12.1 Å². The summed E-state index contributed by atoms with van der Waals surface area (Å²) < 4.78 is 12.9. The highest BCUT2D eigenvalue weighted by atomic mass is 19.1. The van der Waals surface area contributed by atoms with Gasteiger partial charge in [-0.2, -0.15) is 0 Å². The third-order valence-corrected chi connectivity index (χ3v) is 3.45. The molecule has 0 aliphatic rings. The minimum absolute atomic E-state index is 0.227. The molecule has 0 aliphatic carbocycles. The third kappa shape index (κ3) is 3.89. The first-order valence-electron chi connectivity index (χ1n) is 6.85. The maximum absolute atomic E-state index is 12.9. The Morgan fingerprint density at radius 2 is 1.57 bits per heavy atom. The predicted molar refractivity (Wildman–Crippen MR) is 81.1 cm³/mol. The second-order valence-corrected chi connectivity index (χ2v) is 5.17. The van der Waals surface area contributed by atoms with E-state index >= 15 is 0 Å². The summed E-state index contributed by atoms with van der Waals surface area (Å²) in [5.74, 6) is -0.552. The lowest BCUT2D eigenvalue weighted by Crippen LogP contribution is -2.35. The summed E-state index contributed by atoms with van der Waals surface area (Å²) in [6, 6.07) is 12.6. The predicted octanol–water partition coefficient (Wildman–Crippen LogP) is 3.01. The van der Waals surface area contributed by atoms with Gasteiger partial charge in [0.15, 0.2) is 0 Å². The Morgan fingerprint density at radius 3 is 2.14 bits per heavy atom. The van der Waals surface area contributed by atoms with Gasteiger partial charge in [-0.1, -0.05) is 42.0 Å². The summed E-state index contributed by atoms with van der Waals surface area (Å²) in [5, 5.41) is 2.84. The molecule has 21 heavy (non-hydrogen) atoms. The first kappa shape index (κ1) is 15.2. The van der Waals surface area contributed by atoms with E-state index in [9.17, 15) is 9.18 Å². The molecule has 2 rings (SSSR count). The third-order valence-electron chi connectivity index (χ3n) is 3.45. The average Bonchev–Trinajstić information content (AvgIpc) is 2.47. The van der Waals surface area contributed by atoms with E-state index < -0.39 is 6.04 Å². The van der Waals surface area contributed by atoms with Crippen molar-refractivity contribution < 1.29 is 9.18 Å². The minimum atomic E-state index is -0.714. The molecule has 0 aliphatic heterocycles. The van der Waals surface area contributed by atoms with Gasteiger partial charge >= 0.3 is 0 Å². The number of amides is 1. The second-order valence-electron chi connectivity index (χ2n) is 5.17. The van der Waals surface area contributed by atoms with E-state index in [0.29, 0.717) is 0 Å². The molecule has 0 saturated carbocycles. The number of halogens is 1.